The van der Waals surface area contributed by atoms with Crippen molar-refractivity contribution in [2.45, 2.75) is 5.92 Å². The van der Waals surface area contributed by atoms with Crippen LogP contribution in [0.4, 0.5) is 11.4 Å². The number of hydrogen-bond acceptors (Lipinski definition) is 9. The monoisotopic (exact) mass is 446 g/mol. The van der Waals surface area contributed by atoms with Gasteiger partial charge in [-0.1, -0.05) is 18.2 Å². The number of nitrogens with zero attached hydrogens (tertiary/aromatic N) is 3. The minimum Gasteiger partial charge on any atom is -0.441 e. The fourth-order valence-corrected chi connectivity index (χ4v) is 4.45. The highest BCUT2D eigenvalue weighted by Crippen LogP contribution is 2.45. The summed E-state index contributed by atoms with van der Waals surface area (Å²) in [5.41, 5.74) is 0.314. The molecular formula is C23H18N4O6. The Labute approximate surface area is 187 Å². The third kappa shape index (κ3) is 3.39. The van der Waals surface area contributed by atoms with E-state index < -0.39 is 22.4 Å². The summed E-state index contributed by atoms with van der Waals surface area (Å²) in [4.78, 5) is 26.3. The van der Waals surface area contributed by atoms with Gasteiger partial charge in [0.05, 0.1) is 35.2 Å². The SMILES string of the molecule is N#CC1C(=N)Oc2c(c(=O)oc3ccccc23)C1c1ccc(N2CCOCC2)c([N+](=O)[O-])c1. The van der Waals surface area contributed by atoms with Crippen molar-refractivity contribution >= 4 is 28.2 Å². The van der Waals surface area contributed by atoms with E-state index in [-0.39, 0.29) is 28.5 Å². The molecule has 3 heterocycles. The van der Waals surface area contributed by atoms with Gasteiger partial charge in [-0.05, 0) is 23.8 Å². The second kappa shape index (κ2) is 8.03. The number of nitrogens with one attached hydrogen (secondary N) is 1. The van der Waals surface area contributed by atoms with Crippen molar-refractivity contribution in [3.63, 3.8) is 0 Å². The van der Waals surface area contributed by atoms with E-state index in [9.17, 15) is 20.2 Å². The predicted molar refractivity (Wildman–Crippen MR) is 118 cm³/mol. The van der Waals surface area contributed by atoms with Crippen LogP contribution in [0.5, 0.6) is 5.75 Å². The molecule has 5 rings (SSSR count). The predicted octanol–water partition coefficient (Wildman–Crippen LogP) is 3.18. The van der Waals surface area contributed by atoms with Gasteiger partial charge in [0, 0.05) is 25.1 Å². The lowest BCUT2D eigenvalue weighted by atomic mass is 9.79. The van der Waals surface area contributed by atoms with Gasteiger partial charge in [-0.25, -0.2) is 4.79 Å². The summed E-state index contributed by atoms with van der Waals surface area (Å²) in [5, 5.41) is 30.5. The number of ether oxygens (including phenoxy) is 2. The average molecular weight is 446 g/mol. The van der Waals surface area contributed by atoms with E-state index >= 15 is 0 Å². The highest BCUT2D eigenvalue weighted by Gasteiger charge is 2.41. The molecule has 1 fully saturated rings. The first-order valence-electron chi connectivity index (χ1n) is 10.3. The van der Waals surface area contributed by atoms with E-state index in [1.54, 1.807) is 36.4 Å². The van der Waals surface area contributed by atoms with Gasteiger partial charge in [-0.2, -0.15) is 5.26 Å². The number of fused-ring (bicyclic) bond motifs is 3. The zero-order chi connectivity index (χ0) is 23.1. The summed E-state index contributed by atoms with van der Waals surface area (Å²) >= 11 is 0. The number of nitro benzene ring substituents is 1. The minimum atomic E-state index is -1.14. The Hall–Kier alpha value is -4.23. The standard InChI is InChI=1S/C23H18N4O6/c24-12-15-19(13-5-6-16(17(11-13)27(29)30)26-7-9-31-10-8-26)20-21(33-22(15)25)14-3-1-2-4-18(14)32-23(20)28/h1-6,11,15,19,25H,7-10H2. The molecular weight excluding hydrogens is 428 g/mol. The number of rotatable bonds is 3. The highest BCUT2D eigenvalue weighted by atomic mass is 16.6. The molecule has 10 heteroatoms. The summed E-state index contributed by atoms with van der Waals surface area (Å²) in [6.07, 6.45) is 0. The van der Waals surface area contributed by atoms with Gasteiger partial charge in [-0.15, -0.1) is 0 Å². The van der Waals surface area contributed by atoms with Gasteiger partial charge in [0.2, 0.25) is 5.90 Å². The number of anilines is 1. The van der Waals surface area contributed by atoms with Gasteiger partial charge >= 0.3 is 5.63 Å². The summed E-state index contributed by atoms with van der Waals surface area (Å²) in [5.74, 6) is -2.28. The molecule has 1 N–H and O–H groups in total. The number of morpholine rings is 1. The van der Waals surface area contributed by atoms with Crippen LogP contribution in [0, 0.1) is 32.8 Å². The Morgan fingerprint density at radius 1 is 1.18 bits per heavy atom. The van der Waals surface area contributed by atoms with Crippen molar-refractivity contribution in [3.05, 3.63) is 74.1 Å². The molecule has 0 amide bonds. The van der Waals surface area contributed by atoms with Crippen LogP contribution in [0.25, 0.3) is 11.0 Å². The van der Waals surface area contributed by atoms with Crippen molar-refractivity contribution in [2.24, 2.45) is 5.92 Å². The first kappa shape index (κ1) is 20.7. The topological polar surface area (TPSA) is 143 Å². The largest absolute Gasteiger partial charge is 0.441 e. The van der Waals surface area contributed by atoms with Crippen LogP contribution in [0.1, 0.15) is 17.0 Å². The van der Waals surface area contributed by atoms with Crippen molar-refractivity contribution < 1.29 is 18.8 Å². The molecule has 0 radical (unpaired) electrons. The lowest BCUT2D eigenvalue weighted by Gasteiger charge is -2.31. The third-order valence-corrected chi connectivity index (χ3v) is 5.98. The van der Waals surface area contributed by atoms with Crippen molar-refractivity contribution in [2.75, 3.05) is 31.2 Å². The molecule has 0 saturated carbocycles. The zero-order valence-corrected chi connectivity index (χ0v) is 17.3. The molecule has 2 unspecified atom stereocenters. The molecule has 0 aliphatic carbocycles. The maximum atomic E-state index is 13.0. The normalized spacial score (nSPS) is 20.1. The Morgan fingerprint density at radius 3 is 2.67 bits per heavy atom. The summed E-state index contributed by atoms with van der Waals surface area (Å²) in [6.45, 7) is 1.96. The molecule has 2 atom stereocenters. The summed E-state index contributed by atoms with van der Waals surface area (Å²) in [6, 6.07) is 13.4. The number of benzene rings is 2. The smallest absolute Gasteiger partial charge is 0.343 e. The molecule has 0 spiro atoms. The van der Waals surface area contributed by atoms with Crippen molar-refractivity contribution in [3.8, 4) is 11.8 Å². The molecule has 1 aromatic heterocycles. The second-order valence-electron chi connectivity index (χ2n) is 7.78. The number of nitro groups is 1. The number of para-hydroxylation sites is 1. The highest BCUT2D eigenvalue weighted by molar-refractivity contribution is 5.93. The van der Waals surface area contributed by atoms with Crippen LogP contribution in [-0.4, -0.2) is 37.1 Å². The van der Waals surface area contributed by atoms with Crippen LogP contribution in [0.3, 0.4) is 0 Å². The Morgan fingerprint density at radius 2 is 1.94 bits per heavy atom. The van der Waals surface area contributed by atoms with E-state index in [1.807, 2.05) is 11.0 Å². The minimum absolute atomic E-state index is 0.0738. The first-order valence-corrected chi connectivity index (χ1v) is 10.3. The molecule has 1 saturated heterocycles. The van der Waals surface area contributed by atoms with Gasteiger partial charge in [0.15, 0.2) is 5.75 Å². The average Bonchev–Trinajstić information content (AvgIpc) is 2.83. The van der Waals surface area contributed by atoms with Gasteiger partial charge < -0.3 is 18.8 Å². The Bertz CT molecular complexity index is 1390. The van der Waals surface area contributed by atoms with Gasteiger partial charge in [-0.3, -0.25) is 15.5 Å². The van der Waals surface area contributed by atoms with E-state index in [2.05, 4.69) is 0 Å². The van der Waals surface area contributed by atoms with Crippen LogP contribution in [0.15, 0.2) is 51.7 Å². The van der Waals surface area contributed by atoms with E-state index in [1.165, 1.54) is 6.07 Å². The number of nitriles is 1. The van der Waals surface area contributed by atoms with E-state index in [0.29, 0.717) is 42.9 Å². The lowest BCUT2D eigenvalue weighted by Crippen LogP contribution is -2.37. The first-order chi connectivity index (χ1) is 16.0. The lowest BCUT2D eigenvalue weighted by molar-refractivity contribution is -0.384. The molecule has 3 aromatic rings. The van der Waals surface area contributed by atoms with Crippen molar-refractivity contribution in [1.29, 1.82) is 10.7 Å². The Balaban J connectivity index is 1.72. The van der Waals surface area contributed by atoms with Gasteiger partial charge in [0.1, 0.15) is 17.2 Å². The van der Waals surface area contributed by atoms with E-state index in [4.69, 9.17) is 19.3 Å². The van der Waals surface area contributed by atoms with Crippen LogP contribution in [-0.2, 0) is 4.74 Å². The summed E-state index contributed by atoms with van der Waals surface area (Å²) in [7, 11) is 0. The van der Waals surface area contributed by atoms with Crippen LogP contribution < -0.4 is 15.3 Å². The quantitative estimate of drug-likeness (QED) is 0.367. The maximum Gasteiger partial charge on any atom is 0.343 e. The van der Waals surface area contributed by atoms with Crippen LogP contribution >= 0.6 is 0 Å². The molecule has 0 bridgehead atoms. The summed E-state index contributed by atoms with van der Waals surface area (Å²) < 4.78 is 16.4. The number of hydrogen-bond donors (Lipinski definition) is 1. The molecule has 2 aliphatic rings. The zero-order valence-electron chi connectivity index (χ0n) is 17.3. The molecule has 2 aromatic carbocycles. The maximum absolute atomic E-state index is 13.0. The fourth-order valence-electron chi connectivity index (χ4n) is 4.45. The molecule has 10 nitrogen and oxygen atoms in total. The molecule has 166 valence electrons. The molecule has 33 heavy (non-hydrogen) atoms. The third-order valence-electron chi connectivity index (χ3n) is 5.98. The van der Waals surface area contributed by atoms with Crippen molar-refractivity contribution in [1.82, 2.24) is 0 Å². The van der Waals surface area contributed by atoms with E-state index in [0.717, 1.165) is 0 Å². The fraction of sp³-hybridized carbons (Fsp3) is 0.261. The van der Waals surface area contributed by atoms with Crippen LogP contribution in [0.2, 0.25) is 0 Å². The Kier molecular flexibility index (Phi) is 5.03. The second-order valence-corrected chi connectivity index (χ2v) is 7.78. The molecule has 2 aliphatic heterocycles. The van der Waals surface area contributed by atoms with Gasteiger partial charge in [0.25, 0.3) is 5.69 Å².